The molecule has 4 nitrogen and oxygen atoms in total. The van der Waals surface area contributed by atoms with E-state index in [4.69, 9.17) is 0 Å². The van der Waals surface area contributed by atoms with Gasteiger partial charge in [0.25, 0.3) is 0 Å². The van der Waals surface area contributed by atoms with Crippen LogP contribution in [0.3, 0.4) is 0 Å². The van der Waals surface area contributed by atoms with Crippen molar-refractivity contribution in [2.24, 2.45) is 5.92 Å². The third-order valence-corrected chi connectivity index (χ3v) is 3.97. The van der Waals surface area contributed by atoms with Crippen molar-refractivity contribution in [1.82, 2.24) is 15.5 Å². The molecule has 0 aromatic heterocycles. The summed E-state index contributed by atoms with van der Waals surface area (Å²) in [6, 6.07) is 0.414. The highest BCUT2D eigenvalue weighted by atomic mass is 16.1. The Kier molecular flexibility index (Phi) is 12.7. The maximum absolute atomic E-state index is 11.0. The molecular weight excluding hydrogens is 262 g/mol. The number of likely N-dealkylation sites (tertiary alicyclic amines) is 1. The molecule has 0 atom stereocenters. The maximum atomic E-state index is 11.0. The molecule has 0 aliphatic carbocycles. The summed E-state index contributed by atoms with van der Waals surface area (Å²) in [6.45, 7) is 15.5. The van der Waals surface area contributed by atoms with E-state index < -0.39 is 0 Å². The molecule has 128 valence electrons. The molecule has 0 saturated carbocycles. The summed E-state index contributed by atoms with van der Waals surface area (Å²) in [5.74, 6) is 0.996. The van der Waals surface area contributed by atoms with Crippen molar-refractivity contribution in [3.05, 3.63) is 0 Å². The number of nitrogens with zero attached hydrogens (tertiary/aromatic N) is 1. The predicted octanol–water partition coefficient (Wildman–Crippen LogP) is 2.88. The summed E-state index contributed by atoms with van der Waals surface area (Å²) in [4.78, 5) is 13.6. The number of piperidine rings is 2. The zero-order chi connectivity index (χ0) is 16.1. The molecule has 21 heavy (non-hydrogen) atoms. The molecule has 2 rings (SSSR count). The van der Waals surface area contributed by atoms with Gasteiger partial charge in [-0.3, -0.25) is 4.79 Å². The molecule has 1 amide bonds. The molecule has 0 spiro atoms. The van der Waals surface area contributed by atoms with Crippen molar-refractivity contribution in [1.29, 1.82) is 0 Å². The number of carbonyl (C=O) groups is 1. The van der Waals surface area contributed by atoms with Gasteiger partial charge in [0.05, 0.1) is 0 Å². The monoisotopic (exact) mass is 301 g/mol. The van der Waals surface area contributed by atoms with Crippen molar-refractivity contribution in [3.63, 3.8) is 0 Å². The van der Waals surface area contributed by atoms with E-state index in [0.717, 1.165) is 31.8 Å². The average Bonchev–Trinajstić information content (AvgIpc) is 2.54. The first-order valence-electron chi connectivity index (χ1n) is 8.94. The van der Waals surface area contributed by atoms with E-state index >= 15 is 0 Å². The molecule has 0 aromatic carbocycles. The number of carbonyl (C=O) groups excluding carboxylic acids is 1. The Morgan fingerprint density at radius 1 is 1.10 bits per heavy atom. The number of hydrogen-bond donors (Lipinski definition) is 2. The van der Waals surface area contributed by atoms with Crippen molar-refractivity contribution >= 4 is 5.91 Å². The van der Waals surface area contributed by atoms with Crippen LogP contribution in [0.2, 0.25) is 0 Å². The zero-order valence-electron chi connectivity index (χ0n) is 14.9. The second kappa shape index (κ2) is 13.1. The Balaban J connectivity index is 0. The highest BCUT2D eigenvalue weighted by molar-refractivity contribution is 5.73. The minimum absolute atomic E-state index is 0. The van der Waals surface area contributed by atoms with E-state index in [2.05, 4.69) is 15.5 Å². The largest absolute Gasteiger partial charge is 0.354 e. The molecule has 0 radical (unpaired) electrons. The maximum Gasteiger partial charge on any atom is 0.217 e. The molecule has 2 fully saturated rings. The lowest BCUT2D eigenvalue weighted by Crippen LogP contribution is -2.46. The number of hydrogen-bond acceptors (Lipinski definition) is 3. The predicted molar refractivity (Wildman–Crippen MR) is 93.7 cm³/mol. The van der Waals surface area contributed by atoms with E-state index in [1.54, 1.807) is 6.92 Å². The van der Waals surface area contributed by atoms with Gasteiger partial charge in [-0.05, 0) is 44.7 Å². The number of amides is 1. The van der Waals surface area contributed by atoms with Crippen LogP contribution in [-0.4, -0.2) is 49.6 Å². The number of rotatable bonds is 3. The van der Waals surface area contributed by atoms with Crippen LogP contribution in [-0.2, 0) is 4.79 Å². The molecule has 2 aliphatic rings. The summed E-state index contributed by atoms with van der Waals surface area (Å²) in [7, 11) is 0. The van der Waals surface area contributed by atoms with Crippen molar-refractivity contribution in [2.45, 2.75) is 66.3 Å². The van der Waals surface area contributed by atoms with Crippen LogP contribution in [0, 0.1) is 5.92 Å². The molecule has 0 bridgehead atoms. The average molecular weight is 302 g/mol. The van der Waals surface area contributed by atoms with E-state index in [-0.39, 0.29) is 7.33 Å². The summed E-state index contributed by atoms with van der Waals surface area (Å²) in [5, 5.41) is 6.44. The van der Waals surface area contributed by atoms with Gasteiger partial charge in [0.15, 0.2) is 0 Å². The molecule has 0 aromatic rings. The van der Waals surface area contributed by atoms with Crippen molar-refractivity contribution < 1.29 is 6.22 Å². The number of nitrogens with one attached hydrogen (secondary N) is 2. The first-order chi connectivity index (χ1) is 10.2. The standard InChI is InChI=1S/C13H25N3O.2C2H6.H2/c1-11(17)15-13-4-8-16(9-5-13)10-12-2-6-14-7-3-12;2*1-2;/h12-14H,2-10H2,1H3,(H,15,17);2*1-2H3;1H. The van der Waals surface area contributed by atoms with Gasteiger partial charge in [0.2, 0.25) is 5.91 Å². The summed E-state index contributed by atoms with van der Waals surface area (Å²) in [6.07, 6.45) is 4.88. The van der Waals surface area contributed by atoms with Gasteiger partial charge >= 0.3 is 0 Å². The topological polar surface area (TPSA) is 44.4 Å². The van der Waals surface area contributed by atoms with E-state index in [1.807, 2.05) is 27.7 Å². The van der Waals surface area contributed by atoms with Crippen LogP contribution in [0.25, 0.3) is 0 Å². The minimum Gasteiger partial charge on any atom is -0.354 e. The van der Waals surface area contributed by atoms with Crippen molar-refractivity contribution in [2.75, 3.05) is 32.7 Å². The van der Waals surface area contributed by atoms with Gasteiger partial charge in [-0.1, -0.05) is 27.7 Å². The molecule has 0 unspecified atom stereocenters. The van der Waals surface area contributed by atoms with Crippen LogP contribution in [0.1, 0.15) is 61.7 Å². The van der Waals surface area contributed by atoms with Gasteiger partial charge in [-0.25, -0.2) is 0 Å². The Hall–Kier alpha value is -0.610. The Morgan fingerprint density at radius 2 is 1.62 bits per heavy atom. The van der Waals surface area contributed by atoms with Crippen LogP contribution in [0.5, 0.6) is 0 Å². The normalized spacial score (nSPS) is 20.6. The Labute approximate surface area is 133 Å². The van der Waals surface area contributed by atoms with Crippen molar-refractivity contribution in [3.8, 4) is 0 Å². The lowest BCUT2D eigenvalue weighted by Gasteiger charge is -2.35. The van der Waals surface area contributed by atoms with Crippen LogP contribution in [0.4, 0.5) is 0 Å². The molecular formula is C17H39N3O. The fourth-order valence-electron chi connectivity index (χ4n) is 2.98. The lowest BCUT2D eigenvalue weighted by atomic mass is 9.96. The van der Waals surface area contributed by atoms with E-state index in [1.165, 1.54) is 32.5 Å². The molecule has 2 saturated heterocycles. The van der Waals surface area contributed by atoms with Gasteiger partial charge in [0.1, 0.15) is 0 Å². The van der Waals surface area contributed by atoms with E-state index in [0.29, 0.717) is 6.04 Å². The SMILES string of the molecule is CC.CC.CC(=O)NC1CCN(CC2CCNCC2)CC1.[HH]. The molecule has 2 N–H and O–H groups in total. The molecule has 4 heteroatoms. The quantitative estimate of drug-likeness (QED) is 0.842. The van der Waals surface area contributed by atoms with Gasteiger partial charge in [-0.15, -0.1) is 0 Å². The lowest BCUT2D eigenvalue weighted by molar-refractivity contribution is -0.119. The summed E-state index contributed by atoms with van der Waals surface area (Å²) in [5.41, 5.74) is 0. The van der Waals surface area contributed by atoms with Gasteiger partial charge in [-0.2, -0.15) is 0 Å². The second-order valence-corrected chi connectivity index (χ2v) is 5.47. The van der Waals surface area contributed by atoms with Gasteiger partial charge < -0.3 is 15.5 Å². The first-order valence-corrected chi connectivity index (χ1v) is 8.94. The fraction of sp³-hybridized carbons (Fsp3) is 0.941. The fourth-order valence-corrected chi connectivity index (χ4v) is 2.98. The highest BCUT2D eigenvalue weighted by Gasteiger charge is 2.22. The summed E-state index contributed by atoms with van der Waals surface area (Å²) < 4.78 is 0. The molecule has 2 aliphatic heterocycles. The highest BCUT2D eigenvalue weighted by Crippen LogP contribution is 2.17. The molecule has 2 heterocycles. The van der Waals surface area contributed by atoms with Crippen LogP contribution in [0.15, 0.2) is 0 Å². The zero-order valence-corrected chi connectivity index (χ0v) is 14.9. The summed E-state index contributed by atoms with van der Waals surface area (Å²) >= 11 is 0. The Bertz CT molecular complexity index is 250. The van der Waals surface area contributed by atoms with Crippen LogP contribution < -0.4 is 10.6 Å². The Morgan fingerprint density at radius 3 is 2.10 bits per heavy atom. The minimum atomic E-state index is 0. The third kappa shape index (κ3) is 9.10. The smallest absolute Gasteiger partial charge is 0.217 e. The van der Waals surface area contributed by atoms with Gasteiger partial charge in [0, 0.05) is 34.0 Å². The first kappa shape index (κ1) is 20.4. The second-order valence-electron chi connectivity index (χ2n) is 5.47. The van der Waals surface area contributed by atoms with E-state index in [9.17, 15) is 4.79 Å². The van der Waals surface area contributed by atoms with Crippen LogP contribution >= 0.6 is 0 Å². The third-order valence-electron chi connectivity index (χ3n) is 3.97.